The highest BCUT2D eigenvalue weighted by molar-refractivity contribution is 4.94. The van der Waals surface area contributed by atoms with E-state index in [-0.39, 0.29) is 0 Å². The van der Waals surface area contributed by atoms with Crippen LogP contribution in [0, 0.1) is 0 Å². The summed E-state index contributed by atoms with van der Waals surface area (Å²) in [6.07, 6.45) is 2.50. The number of ether oxygens (including phenoxy) is 1. The fourth-order valence-corrected chi connectivity index (χ4v) is 0.402. The lowest BCUT2D eigenvalue weighted by molar-refractivity contribution is 0.281. The van der Waals surface area contributed by atoms with Crippen LogP contribution in [0.2, 0.25) is 0 Å². The van der Waals surface area contributed by atoms with Crippen LogP contribution >= 0.6 is 0 Å². The third-order valence-electron chi connectivity index (χ3n) is 0.743. The predicted octanol–water partition coefficient (Wildman–Crippen LogP) is 0.207. The van der Waals surface area contributed by atoms with Crippen LogP contribution in [0.4, 0.5) is 0 Å². The minimum atomic E-state index is 0.770. The van der Waals surface area contributed by atoms with E-state index >= 15 is 0 Å². The van der Waals surface area contributed by atoms with Crippen LogP contribution in [0.25, 0.3) is 0 Å². The molecule has 0 spiro atoms. The predicted molar refractivity (Wildman–Crippen MR) is 22.8 cm³/mol. The minimum Gasteiger partial charge on any atom is -0.499 e. The van der Waals surface area contributed by atoms with Crippen molar-refractivity contribution >= 4 is 0 Å². The van der Waals surface area contributed by atoms with Crippen LogP contribution < -0.4 is 5.73 Å². The van der Waals surface area contributed by atoms with E-state index in [1.54, 1.807) is 6.26 Å². The van der Waals surface area contributed by atoms with E-state index in [4.69, 9.17) is 10.5 Å². The monoisotopic (exact) mass is 85.1 g/mol. The maximum atomic E-state index is 5.27. The lowest BCUT2D eigenvalue weighted by atomic mass is 10.4. The van der Waals surface area contributed by atoms with Crippen LogP contribution in [0.15, 0.2) is 12.0 Å². The Morgan fingerprint density at radius 1 is 1.83 bits per heavy atom. The summed E-state index contributed by atoms with van der Waals surface area (Å²) in [6.45, 7) is 0.770. The van der Waals surface area contributed by atoms with Crippen LogP contribution in [0.1, 0.15) is 6.42 Å². The van der Waals surface area contributed by atoms with E-state index < -0.39 is 0 Å². The summed E-state index contributed by atoms with van der Waals surface area (Å²) in [5.74, 6) is 0. The van der Waals surface area contributed by atoms with Gasteiger partial charge in [-0.2, -0.15) is 0 Å². The van der Waals surface area contributed by atoms with Crippen molar-refractivity contribution in [2.24, 2.45) is 5.73 Å². The van der Waals surface area contributed by atoms with Gasteiger partial charge in [-0.3, -0.25) is 0 Å². The van der Waals surface area contributed by atoms with Gasteiger partial charge >= 0.3 is 0 Å². The van der Waals surface area contributed by atoms with Crippen molar-refractivity contribution in [3.8, 4) is 0 Å². The molecule has 2 nitrogen and oxygen atoms in total. The molecule has 0 bridgehead atoms. The fourth-order valence-electron chi connectivity index (χ4n) is 0.402. The van der Waals surface area contributed by atoms with Gasteiger partial charge in [0.2, 0.25) is 0 Å². The summed E-state index contributed by atoms with van der Waals surface area (Å²) in [5.41, 5.74) is 6.13. The second kappa shape index (κ2) is 1.20. The quantitative estimate of drug-likeness (QED) is 0.456. The fraction of sp³-hybridized carbons (Fsp3) is 0.500. The van der Waals surface area contributed by atoms with Gasteiger partial charge in [-0.1, -0.05) is 0 Å². The van der Waals surface area contributed by atoms with Gasteiger partial charge in [-0.05, 0) is 0 Å². The number of hydrogen-bond acceptors (Lipinski definition) is 2. The normalized spacial score (nSPS) is 19.7. The Kier molecular flexibility index (Phi) is 0.708. The van der Waals surface area contributed by atoms with Gasteiger partial charge in [-0.15, -0.1) is 0 Å². The Labute approximate surface area is 36.6 Å². The Bertz CT molecular complexity index is 77.6. The van der Waals surface area contributed by atoms with E-state index in [0.29, 0.717) is 0 Å². The lowest BCUT2D eigenvalue weighted by Gasteiger charge is -1.79. The first kappa shape index (κ1) is 3.53. The first-order chi connectivity index (χ1) is 2.89. The Morgan fingerprint density at radius 2 is 2.67 bits per heavy atom. The smallest absolute Gasteiger partial charge is 0.102 e. The standard InChI is InChI=1S/C4H7NO/c5-4-1-2-6-3-4/h3H,1-2,5H2. The summed E-state index contributed by atoms with van der Waals surface area (Å²) in [4.78, 5) is 0. The highest BCUT2D eigenvalue weighted by Gasteiger charge is 1.96. The summed E-state index contributed by atoms with van der Waals surface area (Å²) in [7, 11) is 0. The van der Waals surface area contributed by atoms with E-state index in [1.807, 2.05) is 0 Å². The van der Waals surface area contributed by atoms with Gasteiger partial charge < -0.3 is 10.5 Å². The van der Waals surface area contributed by atoms with Gasteiger partial charge in [0.1, 0.15) is 6.26 Å². The number of nitrogens with two attached hydrogens (primary N) is 1. The number of hydrogen-bond donors (Lipinski definition) is 1. The van der Waals surface area contributed by atoms with Crippen molar-refractivity contribution in [2.45, 2.75) is 6.42 Å². The zero-order valence-corrected chi connectivity index (χ0v) is 3.48. The van der Waals surface area contributed by atoms with E-state index in [9.17, 15) is 0 Å². The molecule has 0 amide bonds. The van der Waals surface area contributed by atoms with Crippen molar-refractivity contribution in [3.05, 3.63) is 12.0 Å². The molecule has 0 saturated heterocycles. The molecule has 0 saturated carbocycles. The second-order valence-corrected chi connectivity index (χ2v) is 1.31. The van der Waals surface area contributed by atoms with Crippen LogP contribution in [-0.2, 0) is 4.74 Å². The van der Waals surface area contributed by atoms with Crippen molar-refractivity contribution in [3.63, 3.8) is 0 Å². The lowest BCUT2D eigenvalue weighted by Crippen LogP contribution is -1.90. The summed E-state index contributed by atoms with van der Waals surface area (Å²) in [5, 5.41) is 0. The molecule has 34 valence electrons. The average Bonchev–Trinajstić information content (AvgIpc) is 1.86. The summed E-state index contributed by atoms with van der Waals surface area (Å²) in [6, 6.07) is 0. The van der Waals surface area contributed by atoms with Gasteiger partial charge in [0.05, 0.1) is 6.61 Å². The molecule has 0 aliphatic carbocycles. The van der Waals surface area contributed by atoms with Crippen molar-refractivity contribution in [1.29, 1.82) is 0 Å². The van der Waals surface area contributed by atoms with Gasteiger partial charge in [0.25, 0.3) is 0 Å². The zero-order valence-electron chi connectivity index (χ0n) is 3.48. The largest absolute Gasteiger partial charge is 0.499 e. The van der Waals surface area contributed by atoms with Gasteiger partial charge in [0, 0.05) is 12.1 Å². The molecule has 1 aliphatic heterocycles. The molecule has 0 atom stereocenters. The average molecular weight is 85.1 g/mol. The highest BCUT2D eigenvalue weighted by Crippen LogP contribution is 2.01. The zero-order chi connectivity index (χ0) is 4.41. The van der Waals surface area contributed by atoms with Crippen LogP contribution in [0.5, 0.6) is 0 Å². The van der Waals surface area contributed by atoms with Crippen molar-refractivity contribution < 1.29 is 4.74 Å². The molecule has 1 rings (SSSR count). The topological polar surface area (TPSA) is 35.2 Å². The Hall–Kier alpha value is -0.660. The minimum absolute atomic E-state index is 0.770. The second-order valence-electron chi connectivity index (χ2n) is 1.31. The highest BCUT2D eigenvalue weighted by atomic mass is 16.5. The molecule has 6 heavy (non-hydrogen) atoms. The molecular formula is C4H7NO. The maximum absolute atomic E-state index is 5.27. The van der Waals surface area contributed by atoms with E-state index in [1.165, 1.54) is 0 Å². The molecule has 1 heterocycles. The van der Waals surface area contributed by atoms with Crippen molar-refractivity contribution in [2.75, 3.05) is 6.61 Å². The Balaban J connectivity index is 2.45. The molecule has 1 aliphatic rings. The summed E-state index contributed by atoms with van der Waals surface area (Å²) >= 11 is 0. The van der Waals surface area contributed by atoms with Gasteiger partial charge in [-0.25, -0.2) is 0 Å². The molecule has 0 unspecified atom stereocenters. The molecule has 2 heteroatoms. The molecule has 2 N–H and O–H groups in total. The first-order valence-electron chi connectivity index (χ1n) is 1.96. The third-order valence-corrected chi connectivity index (χ3v) is 0.743. The van der Waals surface area contributed by atoms with E-state index in [2.05, 4.69) is 0 Å². The first-order valence-corrected chi connectivity index (χ1v) is 1.96. The maximum Gasteiger partial charge on any atom is 0.102 e. The third kappa shape index (κ3) is 0.455. The molecule has 0 aromatic rings. The molecule has 0 fully saturated rings. The molecule has 0 aromatic carbocycles. The van der Waals surface area contributed by atoms with Gasteiger partial charge in [0.15, 0.2) is 0 Å². The molecule has 0 radical (unpaired) electrons. The Morgan fingerprint density at radius 3 is 2.83 bits per heavy atom. The van der Waals surface area contributed by atoms with E-state index in [0.717, 1.165) is 18.7 Å². The number of rotatable bonds is 0. The summed E-state index contributed by atoms with van der Waals surface area (Å²) < 4.78 is 4.77. The SMILES string of the molecule is NC1=COCC1. The molecular weight excluding hydrogens is 78.0 g/mol. The van der Waals surface area contributed by atoms with Crippen LogP contribution in [-0.4, -0.2) is 6.61 Å². The van der Waals surface area contributed by atoms with Crippen molar-refractivity contribution in [1.82, 2.24) is 0 Å². The molecule has 0 aromatic heterocycles. The van der Waals surface area contributed by atoms with Crippen LogP contribution in [0.3, 0.4) is 0 Å².